The van der Waals surface area contributed by atoms with Crippen LogP contribution in [0.25, 0.3) is 0 Å². The second kappa shape index (κ2) is 7.13. The van der Waals surface area contributed by atoms with Crippen molar-refractivity contribution in [3.63, 3.8) is 0 Å². The Morgan fingerprint density at radius 3 is 2.94 bits per heavy atom. The summed E-state index contributed by atoms with van der Waals surface area (Å²) >= 11 is 0. The van der Waals surface area contributed by atoms with Gasteiger partial charge in [0, 0.05) is 13.1 Å². The number of benzene rings is 1. The van der Waals surface area contributed by atoms with Crippen LogP contribution < -0.4 is 10.6 Å². The number of hydrogen-bond donors (Lipinski definition) is 2. The molecule has 1 aromatic rings. The summed E-state index contributed by atoms with van der Waals surface area (Å²) in [5.74, 6) is 0.511. The summed E-state index contributed by atoms with van der Waals surface area (Å²) in [5, 5.41) is 6.12. The smallest absolute Gasteiger partial charge is 0.246 e. The molecule has 1 atom stereocenters. The molecule has 1 aromatic carbocycles. The topological polar surface area (TPSA) is 50.4 Å². The van der Waals surface area contributed by atoms with Gasteiger partial charge < -0.3 is 15.4 Å². The molecule has 1 aliphatic rings. The molecular formula is C14H20N2O2. The molecule has 4 nitrogen and oxygen atoms in total. The van der Waals surface area contributed by atoms with Crippen molar-refractivity contribution in [1.29, 1.82) is 0 Å². The van der Waals surface area contributed by atoms with Crippen LogP contribution >= 0.6 is 0 Å². The Morgan fingerprint density at radius 2 is 2.22 bits per heavy atom. The minimum atomic E-state index is -0.0511. The Hall–Kier alpha value is -1.39. The fourth-order valence-electron chi connectivity index (χ4n) is 2.02. The quantitative estimate of drug-likeness (QED) is 0.787. The van der Waals surface area contributed by atoms with Gasteiger partial charge >= 0.3 is 0 Å². The lowest BCUT2D eigenvalue weighted by Gasteiger charge is -2.09. The van der Waals surface area contributed by atoms with Gasteiger partial charge in [-0.2, -0.15) is 0 Å². The highest BCUT2D eigenvalue weighted by Crippen LogP contribution is 2.07. The van der Waals surface area contributed by atoms with Crippen molar-refractivity contribution in [2.24, 2.45) is 5.92 Å². The third-order valence-electron chi connectivity index (χ3n) is 3.08. The second-order valence-electron chi connectivity index (χ2n) is 4.64. The molecule has 2 N–H and O–H groups in total. The Kier molecular flexibility index (Phi) is 5.17. The molecule has 1 fully saturated rings. The second-order valence-corrected chi connectivity index (χ2v) is 4.64. The molecule has 1 unspecified atom stereocenters. The van der Waals surface area contributed by atoms with Gasteiger partial charge in [0.2, 0.25) is 5.91 Å². The number of ether oxygens (including phenoxy) is 1. The van der Waals surface area contributed by atoms with Crippen molar-refractivity contribution >= 4 is 5.91 Å². The van der Waals surface area contributed by atoms with Crippen molar-refractivity contribution in [2.45, 2.75) is 13.0 Å². The van der Waals surface area contributed by atoms with Gasteiger partial charge in [-0.1, -0.05) is 30.3 Å². The van der Waals surface area contributed by atoms with Crippen molar-refractivity contribution in [3.8, 4) is 0 Å². The van der Waals surface area contributed by atoms with E-state index in [0.29, 0.717) is 19.1 Å². The van der Waals surface area contributed by atoms with Gasteiger partial charge in [0.15, 0.2) is 0 Å². The van der Waals surface area contributed by atoms with E-state index >= 15 is 0 Å². The molecule has 1 heterocycles. The lowest BCUT2D eigenvalue weighted by molar-refractivity contribution is -0.126. The summed E-state index contributed by atoms with van der Waals surface area (Å²) in [7, 11) is 0. The first-order valence-electron chi connectivity index (χ1n) is 6.43. The van der Waals surface area contributed by atoms with E-state index < -0.39 is 0 Å². The Balaban J connectivity index is 1.57. The molecule has 2 rings (SSSR count). The normalized spacial score (nSPS) is 18.8. The number of rotatable bonds is 6. The first kappa shape index (κ1) is 13.1. The molecule has 0 saturated carbocycles. The zero-order valence-electron chi connectivity index (χ0n) is 10.5. The van der Waals surface area contributed by atoms with Gasteiger partial charge in [-0.3, -0.25) is 4.79 Å². The maximum absolute atomic E-state index is 11.5. The van der Waals surface area contributed by atoms with Crippen LogP contribution in [0.2, 0.25) is 0 Å². The maximum Gasteiger partial charge on any atom is 0.246 e. The predicted molar refractivity (Wildman–Crippen MR) is 70.1 cm³/mol. The van der Waals surface area contributed by atoms with Gasteiger partial charge in [-0.05, 0) is 24.4 Å². The first-order chi connectivity index (χ1) is 8.84. The van der Waals surface area contributed by atoms with Crippen LogP contribution in [0.4, 0.5) is 0 Å². The zero-order valence-corrected chi connectivity index (χ0v) is 10.5. The minimum Gasteiger partial charge on any atom is -0.371 e. The Morgan fingerprint density at radius 1 is 1.39 bits per heavy atom. The van der Waals surface area contributed by atoms with Crippen molar-refractivity contribution in [2.75, 3.05) is 26.3 Å². The summed E-state index contributed by atoms with van der Waals surface area (Å²) in [6.45, 7) is 3.46. The number of nitrogens with one attached hydrogen (secondary N) is 2. The molecule has 4 heteroatoms. The van der Waals surface area contributed by atoms with Crippen LogP contribution in [-0.4, -0.2) is 32.2 Å². The summed E-state index contributed by atoms with van der Waals surface area (Å²) < 4.78 is 5.42. The van der Waals surface area contributed by atoms with E-state index in [0.717, 1.165) is 25.1 Å². The van der Waals surface area contributed by atoms with Crippen LogP contribution in [0.5, 0.6) is 0 Å². The monoisotopic (exact) mass is 248 g/mol. The minimum absolute atomic E-state index is 0.0511. The zero-order chi connectivity index (χ0) is 12.6. The van der Waals surface area contributed by atoms with Gasteiger partial charge in [0.05, 0.1) is 6.61 Å². The first-order valence-corrected chi connectivity index (χ1v) is 6.43. The van der Waals surface area contributed by atoms with Crippen LogP contribution in [0.1, 0.15) is 12.0 Å². The van der Waals surface area contributed by atoms with Crippen LogP contribution in [-0.2, 0) is 16.1 Å². The Labute approximate surface area is 108 Å². The summed E-state index contributed by atoms with van der Waals surface area (Å²) in [6, 6.07) is 9.87. The third kappa shape index (κ3) is 4.47. The molecule has 0 spiro atoms. The van der Waals surface area contributed by atoms with Crippen molar-refractivity contribution < 1.29 is 9.53 Å². The number of carbonyl (C=O) groups is 1. The average molecular weight is 248 g/mol. The summed E-state index contributed by atoms with van der Waals surface area (Å²) in [5.41, 5.74) is 1.10. The molecule has 1 saturated heterocycles. The third-order valence-corrected chi connectivity index (χ3v) is 3.08. The van der Waals surface area contributed by atoms with Gasteiger partial charge in [-0.15, -0.1) is 0 Å². The van der Waals surface area contributed by atoms with E-state index in [4.69, 9.17) is 4.74 Å². The lowest BCUT2D eigenvalue weighted by atomic mass is 10.1. The standard InChI is InChI=1S/C14H20N2O2/c17-14(11-18-10-13-6-7-15-8-13)16-9-12-4-2-1-3-5-12/h1-5,13,15H,6-11H2,(H,16,17). The lowest BCUT2D eigenvalue weighted by Crippen LogP contribution is -2.28. The van der Waals surface area contributed by atoms with E-state index in [1.807, 2.05) is 30.3 Å². The van der Waals surface area contributed by atoms with E-state index in [9.17, 15) is 4.79 Å². The summed E-state index contributed by atoms with van der Waals surface area (Å²) in [4.78, 5) is 11.5. The fraction of sp³-hybridized carbons (Fsp3) is 0.500. The number of amides is 1. The molecule has 1 aliphatic heterocycles. The molecule has 98 valence electrons. The van der Waals surface area contributed by atoms with E-state index in [1.54, 1.807) is 0 Å². The number of carbonyl (C=O) groups excluding carboxylic acids is 1. The molecule has 0 aliphatic carbocycles. The predicted octanol–water partition coefficient (Wildman–Crippen LogP) is 0.929. The maximum atomic E-state index is 11.5. The molecule has 0 aromatic heterocycles. The molecule has 0 bridgehead atoms. The molecular weight excluding hydrogens is 228 g/mol. The molecule has 1 amide bonds. The fourth-order valence-corrected chi connectivity index (χ4v) is 2.02. The highest BCUT2D eigenvalue weighted by atomic mass is 16.5. The van der Waals surface area contributed by atoms with Gasteiger partial charge in [0.1, 0.15) is 6.61 Å². The largest absolute Gasteiger partial charge is 0.371 e. The summed E-state index contributed by atoms with van der Waals surface area (Å²) in [6.07, 6.45) is 1.14. The van der Waals surface area contributed by atoms with E-state index in [2.05, 4.69) is 10.6 Å². The SMILES string of the molecule is O=C(COCC1CCNC1)NCc1ccccc1. The highest BCUT2D eigenvalue weighted by Gasteiger charge is 2.14. The van der Waals surface area contributed by atoms with Gasteiger partial charge in [0.25, 0.3) is 0 Å². The molecule has 18 heavy (non-hydrogen) atoms. The van der Waals surface area contributed by atoms with Gasteiger partial charge in [-0.25, -0.2) is 0 Å². The van der Waals surface area contributed by atoms with Crippen LogP contribution in [0.15, 0.2) is 30.3 Å². The van der Waals surface area contributed by atoms with Crippen molar-refractivity contribution in [3.05, 3.63) is 35.9 Å². The highest BCUT2D eigenvalue weighted by molar-refractivity contribution is 5.77. The van der Waals surface area contributed by atoms with E-state index in [1.165, 1.54) is 0 Å². The van der Waals surface area contributed by atoms with Crippen LogP contribution in [0, 0.1) is 5.92 Å². The van der Waals surface area contributed by atoms with Crippen LogP contribution in [0.3, 0.4) is 0 Å². The molecule has 0 radical (unpaired) electrons. The average Bonchev–Trinajstić information content (AvgIpc) is 2.91. The number of hydrogen-bond acceptors (Lipinski definition) is 3. The van der Waals surface area contributed by atoms with E-state index in [-0.39, 0.29) is 12.5 Å². The van der Waals surface area contributed by atoms with Crippen molar-refractivity contribution in [1.82, 2.24) is 10.6 Å². The Bertz CT molecular complexity index is 361.